The summed E-state index contributed by atoms with van der Waals surface area (Å²) in [6.45, 7) is 6.59. The van der Waals surface area contributed by atoms with Crippen LogP contribution >= 0.6 is 0 Å². The molecule has 4 nitrogen and oxygen atoms in total. The fourth-order valence-electron chi connectivity index (χ4n) is 2.14. The molecule has 1 unspecified atom stereocenters. The lowest BCUT2D eigenvalue weighted by Crippen LogP contribution is -2.38. The predicted molar refractivity (Wildman–Crippen MR) is 87.7 cm³/mol. The highest BCUT2D eigenvalue weighted by Crippen LogP contribution is 2.11. The number of guanidine groups is 1. The minimum Gasteiger partial charge on any atom is -0.370 e. The van der Waals surface area contributed by atoms with E-state index in [9.17, 15) is 4.39 Å². The fourth-order valence-corrected chi connectivity index (χ4v) is 2.14. The highest BCUT2D eigenvalue weighted by Gasteiger charge is 2.06. The molecule has 1 aromatic carbocycles. The molecule has 0 aliphatic heterocycles. The van der Waals surface area contributed by atoms with Gasteiger partial charge < -0.3 is 11.1 Å². The summed E-state index contributed by atoms with van der Waals surface area (Å²) in [5.74, 6) is 0.632. The molecule has 5 heteroatoms. The molecule has 0 saturated heterocycles. The number of nitrogens with one attached hydrogen (secondary N) is 1. The van der Waals surface area contributed by atoms with Crippen LogP contribution in [0.25, 0.3) is 0 Å². The second-order valence-electron chi connectivity index (χ2n) is 5.99. The second kappa shape index (κ2) is 9.04. The van der Waals surface area contributed by atoms with Crippen molar-refractivity contribution in [3.05, 3.63) is 35.1 Å². The summed E-state index contributed by atoms with van der Waals surface area (Å²) in [5.41, 5.74) is 6.61. The standard InChI is InChI=1S/C17H25FN4/c1-12(2)5-4-6-13(3)22-17(20)21-11-15-9-14(10-19)7-8-16(15)18/h7-9,12-13H,4-6,11H2,1-3H3,(H3,20,21,22). The Bertz CT molecular complexity index is 546. The molecule has 22 heavy (non-hydrogen) atoms. The Labute approximate surface area is 132 Å². The van der Waals surface area contributed by atoms with Gasteiger partial charge in [-0.25, -0.2) is 9.38 Å². The molecule has 0 amide bonds. The third-order valence-electron chi connectivity index (χ3n) is 3.41. The van der Waals surface area contributed by atoms with Gasteiger partial charge in [0.15, 0.2) is 5.96 Å². The quantitative estimate of drug-likeness (QED) is 0.599. The minimum atomic E-state index is -0.375. The number of nitriles is 1. The molecule has 120 valence electrons. The number of benzene rings is 1. The Kier molecular flexibility index (Phi) is 7.38. The third kappa shape index (κ3) is 6.57. The Morgan fingerprint density at radius 3 is 2.73 bits per heavy atom. The van der Waals surface area contributed by atoms with Crippen molar-refractivity contribution in [2.24, 2.45) is 16.6 Å². The van der Waals surface area contributed by atoms with E-state index in [0.29, 0.717) is 23.0 Å². The summed E-state index contributed by atoms with van der Waals surface area (Å²) in [7, 11) is 0. The molecule has 0 heterocycles. The van der Waals surface area contributed by atoms with E-state index in [2.05, 4.69) is 31.1 Å². The van der Waals surface area contributed by atoms with Crippen LogP contribution in [0.5, 0.6) is 0 Å². The zero-order valence-corrected chi connectivity index (χ0v) is 13.6. The van der Waals surface area contributed by atoms with Crippen LogP contribution in [0.2, 0.25) is 0 Å². The van der Waals surface area contributed by atoms with Gasteiger partial charge in [-0.1, -0.05) is 26.7 Å². The topological polar surface area (TPSA) is 74.2 Å². The molecule has 0 bridgehead atoms. The molecular formula is C17H25FN4. The molecule has 0 spiro atoms. The number of nitrogens with two attached hydrogens (primary N) is 1. The van der Waals surface area contributed by atoms with Crippen LogP contribution in [-0.4, -0.2) is 12.0 Å². The van der Waals surface area contributed by atoms with Crippen molar-refractivity contribution in [1.29, 1.82) is 5.26 Å². The van der Waals surface area contributed by atoms with Crippen molar-refractivity contribution in [2.75, 3.05) is 0 Å². The third-order valence-corrected chi connectivity index (χ3v) is 3.41. The van der Waals surface area contributed by atoms with Gasteiger partial charge in [-0.15, -0.1) is 0 Å². The van der Waals surface area contributed by atoms with E-state index in [1.54, 1.807) is 0 Å². The maximum Gasteiger partial charge on any atom is 0.189 e. The zero-order valence-electron chi connectivity index (χ0n) is 13.6. The Morgan fingerprint density at radius 2 is 2.09 bits per heavy atom. The summed E-state index contributed by atoms with van der Waals surface area (Å²) in [4.78, 5) is 4.15. The van der Waals surface area contributed by atoms with Crippen molar-refractivity contribution < 1.29 is 4.39 Å². The summed E-state index contributed by atoms with van der Waals surface area (Å²) in [6, 6.07) is 6.44. The average Bonchev–Trinajstić information content (AvgIpc) is 2.46. The molecule has 1 rings (SSSR count). The molecule has 0 saturated carbocycles. The summed E-state index contributed by atoms with van der Waals surface area (Å²) < 4.78 is 13.6. The summed E-state index contributed by atoms with van der Waals surface area (Å²) in [6.07, 6.45) is 3.35. The smallest absolute Gasteiger partial charge is 0.189 e. The summed E-state index contributed by atoms with van der Waals surface area (Å²) >= 11 is 0. The van der Waals surface area contributed by atoms with Crippen LogP contribution in [0, 0.1) is 23.1 Å². The van der Waals surface area contributed by atoms with Crippen LogP contribution in [0.3, 0.4) is 0 Å². The first kappa shape index (κ1) is 18.0. The molecule has 1 atom stereocenters. The molecule has 0 aromatic heterocycles. The van der Waals surface area contributed by atoms with Crippen molar-refractivity contribution >= 4 is 5.96 Å². The molecule has 0 aliphatic rings. The van der Waals surface area contributed by atoms with E-state index in [0.717, 1.165) is 12.8 Å². The highest BCUT2D eigenvalue weighted by atomic mass is 19.1. The monoisotopic (exact) mass is 304 g/mol. The first-order valence-corrected chi connectivity index (χ1v) is 7.67. The van der Waals surface area contributed by atoms with E-state index >= 15 is 0 Å². The lowest BCUT2D eigenvalue weighted by molar-refractivity contribution is 0.493. The average molecular weight is 304 g/mol. The number of aliphatic imine (C=N–C) groups is 1. The zero-order chi connectivity index (χ0) is 16.5. The molecule has 0 radical (unpaired) electrons. The van der Waals surface area contributed by atoms with Crippen molar-refractivity contribution in [3.63, 3.8) is 0 Å². The van der Waals surface area contributed by atoms with E-state index in [-0.39, 0.29) is 18.4 Å². The Balaban J connectivity index is 2.50. The van der Waals surface area contributed by atoms with Crippen LogP contribution < -0.4 is 11.1 Å². The molecule has 0 aliphatic carbocycles. The predicted octanol–water partition coefficient (Wildman–Crippen LogP) is 3.32. The van der Waals surface area contributed by atoms with Gasteiger partial charge in [-0.3, -0.25) is 0 Å². The van der Waals surface area contributed by atoms with Gasteiger partial charge in [0.1, 0.15) is 5.82 Å². The van der Waals surface area contributed by atoms with Crippen molar-refractivity contribution in [3.8, 4) is 6.07 Å². The lowest BCUT2D eigenvalue weighted by Gasteiger charge is -2.15. The number of rotatable bonds is 7. The first-order chi connectivity index (χ1) is 10.4. The summed E-state index contributed by atoms with van der Waals surface area (Å²) in [5, 5.41) is 11.9. The molecule has 1 aromatic rings. The Morgan fingerprint density at radius 1 is 1.36 bits per heavy atom. The van der Waals surface area contributed by atoms with Gasteiger partial charge in [0.2, 0.25) is 0 Å². The maximum atomic E-state index is 13.6. The van der Waals surface area contributed by atoms with Crippen LogP contribution in [-0.2, 0) is 6.54 Å². The number of nitrogens with zero attached hydrogens (tertiary/aromatic N) is 2. The van der Waals surface area contributed by atoms with Gasteiger partial charge in [-0.2, -0.15) is 5.26 Å². The van der Waals surface area contributed by atoms with Crippen LogP contribution in [0.1, 0.15) is 51.2 Å². The maximum absolute atomic E-state index is 13.6. The van der Waals surface area contributed by atoms with Gasteiger partial charge in [0, 0.05) is 11.6 Å². The largest absolute Gasteiger partial charge is 0.370 e. The number of hydrogen-bond donors (Lipinski definition) is 2. The number of hydrogen-bond acceptors (Lipinski definition) is 2. The SMILES string of the molecule is CC(C)CCCC(C)NC(N)=NCc1cc(C#N)ccc1F. The Hall–Kier alpha value is -2.09. The van der Waals surface area contributed by atoms with E-state index in [1.807, 2.05) is 6.07 Å². The van der Waals surface area contributed by atoms with Crippen molar-refractivity contribution in [1.82, 2.24) is 5.32 Å². The first-order valence-electron chi connectivity index (χ1n) is 7.67. The number of halogens is 1. The molecular weight excluding hydrogens is 279 g/mol. The van der Waals surface area contributed by atoms with E-state index in [1.165, 1.54) is 24.6 Å². The van der Waals surface area contributed by atoms with Gasteiger partial charge >= 0.3 is 0 Å². The highest BCUT2D eigenvalue weighted by molar-refractivity contribution is 5.78. The van der Waals surface area contributed by atoms with Gasteiger partial charge in [0.05, 0.1) is 18.2 Å². The molecule has 0 fully saturated rings. The van der Waals surface area contributed by atoms with Crippen LogP contribution in [0.15, 0.2) is 23.2 Å². The van der Waals surface area contributed by atoms with Crippen LogP contribution in [0.4, 0.5) is 4.39 Å². The fraction of sp³-hybridized carbons (Fsp3) is 0.529. The van der Waals surface area contributed by atoms with Gasteiger partial charge in [-0.05, 0) is 37.5 Å². The normalized spacial score (nSPS) is 13.0. The van der Waals surface area contributed by atoms with E-state index < -0.39 is 0 Å². The lowest BCUT2D eigenvalue weighted by atomic mass is 10.0. The molecule has 3 N–H and O–H groups in total. The van der Waals surface area contributed by atoms with Crippen molar-refractivity contribution in [2.45, 2.75) is 52.6 Å². The minimum absolute atomic E-state index is 0.124. The van der Waals surface area contributed by atoms with E-state index in [4.69, 9.17) is 11.0 Å². The van der Waals surface area contributed by atoms with Gasteiger partial charge in [0.25, 0.3) is 0 Å². The second-order valence-corrected chi connectivity index (χ2v) is 5.99.